The fraction of sp³-hybridized carbons (Fsp3) is 0.544. The number of amides is 3. The smallest absolute Gasteiger partial charge is 0.237 e. The number of aliphatic hydroxyl groups is 1. The van der Waals surface area contributed by atoms with Crippen LogP contribution in [0.5, 0.6) is 0 Å². The van der Waals surface area contributed by atoms with Gasteiger partial charge in [-0.05, 0) is 67.2 Å². The van der Waals surface area contributed by atoms with Crippen LogP contribution in [0.1, 0.15) is 77.2 Å². The van der Waals surface area contributed by atoms with E-state index in [-0.39, 0.29) is 60.8 Å². The standard InChI is InChI=1S/C57H76ClN9O9S/c1-39-53(77-38-62-39)44-8-6-41(7-9-44)31-61-54(70)49-30-46(68)36-66(49)51(37-76-29-28-75-27-26-74-25-24-73-23-22-72-21-14-50(69)64-40(2)56(3,4)5)67-35-45(32-63-67)42-10-12-43(13-11-42)47-33-59-34-48(58)52(47)65-19-16-57(17-20-65)15-18-60-55(57)71/h6-13,32-35,38,40,46,49,51,68H,14-31,36-37H2,1-5H3,(H,60,71)(H,61,70)(H,64,69)/t40-,46+,49-,51?/m0/s1. The maximum atomic E-state index is 14.1. The lowest BCUT2D eigenvalue weighted by Crippen LogP contribution is -2.47. The molecule has 4 N–H and O–H groups in total. The Morgan fingerprint density at radius 1 is 0.857 bits per heavy atom. The van der Waals surface area contributed by atoms with E-state index in [4.69, 9.17) is 40.4 Å². The number of nitrogens with one attached hydrogen (secondary N) is 3. The minimum Gasteiger partial charge on any atom is -0.392 e. The van der Waals surface area contributed by atoms with Crippen LogP contribution in [0.25, 0.3) is 32.7 Å². The van der Waals surface area contributed by atoms with Crippen molar-refractivity contribution in [1.29, 1.82) is 0 Å². The molecule has 0 bridgehead atoms. The van der Waals surface area contributed by atoms with Crippen molar-refractivity contribution in [2.24, 2.45) is 10.8 Å². The molecule has 5 aromatic rings. The number of nitrogens with zero attached hydrogens (tertiary/aromatic N) is 6. The molecule has 2 aromatic carbocycles. The lowest BCUT2D eigenvalue weighted by molar-refractivity contribution is -0.129. The van der Waals surface area contributed by atoms with Crippen LogP contribution in [-0.4, -0.2) is 158 Å². The summed E-state index contributed by atoms with van der Waals surface area (Å²) in [4.78, 5) is 53.1. The third kappa shape index (κ3) is 15.5. The zero-order chi connectivity index (χ0) is 54.4. The van der Waals surface area contributed by atoms with Crippen molar-refractivity contribution < 1.29 is 43.2 Å². The molecule has 20 heteroatoms. The third-order valence-corrected chi connectivity index (χ3v) is 16.3. The Morgan fingerprint density at radius 2 is 1.49 bits per heavy atom. The molecule has 1 unspecified atom stereocenters. The molecule has 77 heavy (non-hydrogen) atoms. The van der Waals surface area contributed by atoms with E-state index in [0.29, 0.717) is 70.8 Å². The number of likely N-dealkylation sites (tertiary alicyclic amines) is 1. The highest BCUT2D eigenvalue weighted by Crippen LogP contribution is 2.44. The Hall–Kier alpha value is -5.35. The van der Waals surface area contributed by atoms with Gasteiger partial charge in [-0.3, -0.25) is 28.9 Å². The van der Waals surface area contributed by atoms with E-state index in [9.17, 15) is 19.5 Å². The first-order valence-electron chi connectivity index (χ1n) is 26.9. The Bertz CT molecular complexity index is 2690. The van der Waals surface area contributed by atoms with Gasteiger partial charge < -0.3 is 49.6 Å². The maximum Gasteiger partial charge on any atom is 0.237 e. The van der Waals surface area contributed by atoms with Crippen LogP contribution in [0.4, 0.5) is 5.69 Å². The second kappa shape index (κ2) is 27.5. The van der Waals surface area contributed by atoms with Crippen LogP contribution in [0.15, 0.2) is 78.8 Å². The number of ether oxygens (including phenoxy) is 5. The van der Waals surface area contributed by atoms with Crippen LogP contribution in [0, 0.1) is 17.8 Å². The van der Waals surface area contributed by atoms with Crippen molar-refractivity contribution in [3.8, 4) is 32.7 Å². The van der Waals surface area contributed by atoms with Crippen molar-refractivity contribution in [3.05, 3.63) is 95.1 Å². The molecule has 1 spiro atoms. The SMILES string of the molecule is Cc1ncsc1-c1ccc(CNC(=O)[C@@H]2C[C@@H](O)CN2C(COCCOCCOCCOCCOCCC(=O)N[C@@H](C)C(C)(C)C)n2cc(-c3ccc(-c4cncc(Cl)c4N4CCC5(CCNC5=O)CC4)cc3)cn2)cc1. The molecule has 3 aliphatic heterocycles. The van der Waals surface area contributed by atoms with Crippen LogP contribution in [0.3, 0.4) is 0 Å². The number of anilines is 1. The summed E-state index contributed by atoms with van der Waals surface area (Å²) in [6.45, 7) is 16.5. The topological polar surface area (TPSA) is 204 Å². The number of pyridine rings is 1. The molecule has 0 aliphatic carbocycles. The molecular weight excluding hydrogens is 1020 g/mol. The second-order valence-electron chi connectivity index (χ2n) is 21.3. The van der Waals surface area contributed by atoms with Gasteiger partial charge >= 0.3 is 0 Å². The number of aliphatic hydroxyl groups excluding tert-OH is 1. The van der Waals surface area contributed by atoms with Gasteiger partial charge in [0.1, 0.15) is 6.17 Å². The molecular formula is C57H76ClN9O9S. The van der Waals surface area contributed by atoms with Crippen molar-refractivity contribution in [3.63, 3.8) is 0 Å². The number of aromatic nitrogens is 4. The number of hydrogen-bond donors (Lipinski definition) is 4. The van der Waals surface area contributed by atoms with Crippen molar-refractivity contribution in [2.75, 3.05) is 97.1 Å². The van der Waals surface area contributed by atoms with E-state index in [1.54, 1.807) is 23.7 Å². The summed E-state index contributed by atoms with van der Waals surface area (Å²) < 4.78 is 30.7. The molecule has 3 amide bonds. The largest absolute Gasteiger partial charge is 0.392 e. The molecule has 8 rings (SSSR count). The molecule has 6 heterocycles. The Labute approximate surface area is 461 Å². The number of β-amino-alcohol motifs (C(OH)–C–C–N with tert-alkyl or cyclic N) is 1. The van der Waals surface area contributed by atoms with Gasteiger partial charge in [-0.15, -0.1) is 11.3 Å². The molecule has 4 atom stereocenters. The Balaban J connectivity index is 0.844. The van der Waals surface area contributed by atoms with Gasteiger partial charge in [0.2, 0.25) is 17.7 Å². The summed E-state index contributed by atoms with van der Waals surface area (Å²) >= 11 is 8.47. The number of carbonyl (C=O) groups excluding carboxylic acids is 3. The summed E-state index contributed by atoms with van der Waals surface area (Å²) in [6, 6.07) is 15.8. The first-order valence-corrected chi connectivity index (χ1v) is 28.2. The van der Waals surface area contributed by atoms with Crippen LogP contribution >= 0.6 is 22.9 Å². The summed E-state index contributed by atoms with van der Waals surface area (Å²) in [7, 11) is 0. The Morgan fingerprint density at radius 3 is 2.12 bits per heavy atom. The molecule has 0 saturated carbocycles. The number of hydrogen-bond acceptors (Lipinski definition) is 15. The molecule has 416 valence electrons. The molecule has 3 aromatic heterocycles. The monoisotopic (exact) mass is 1100 g/mol. The summed E-state index contributed by atoms with van der Waals surface area (Å²) in [5, 5.41) is 25.7. The van der Waals surface area contributed by atoms with Gasteiger partial charge in [-0.2, -0.15) is 5.10 Å². The van der Waals surface area contributed by atoms with Crippen molar-refractivity contribution in [2.45, 2.75) is 97.6 Å². The summed E-state index contributed by atoms with van der Waals surface area (Å²) in [5.74, 6) is -0.0463. The van der Waals surface area contributed by atoms with Gasteiger partial charge in [0, 0.05) is 74.9 Å². The van der Waals surface area contributed by atoms with Crippen LogP contribution in [-0.2, 0) is 44.6 Å². The first-order chi connectivity index (χ1) is 37.2. The lowest BCUT2D eigenvalue weighted by atomic mass is 9.77. The van der Waals surface area contributed by atoms with E-state index < -0.39 is 18.3 Å². The van der Waals surface area contributed by atoms with Crippen molar-refractivity contribution >= 4 is 46.3 Å². The van der Waals surface area contributed by atoms with Crippen LogP contribution < -0.4 is 20.9 Å². The quantitative estimate of drug-likeness (QED) is 0.0389. The number of thiazole rings is 1. The highest BCUT2D eigenvalue weighted by Gasteiger charge is 2.45. The van der Waals surface area contributed by atoms with Gasteiger partial charge in [0.15, 0.2) is 0 Å². The predicted octanol–water partition coefficient (Wildman–Crippen LogP) is 7.08. The minimum atomic E-state index is -0.731. The predicted molar refractivity (Wildman–Crippen MR) is 297 cm³/mol. The number of benzene rings is 2. The van der Waals surface area contributed by atoms with Crippen molar-refractivity contribution in [1.82, 2.24) is 40.6 Å². The fourth-order valence-corrected chi connectivity index (χ4v) is 11.1. The third-order valence-electron chi connectivity index (χ3n) is 15.1. The average molecular weight is 1100 g/mol. The average Bonchev–Trinajstić information content (AvgIpc) is 4.25. The highest BCUT2D eigenvalue weighted by molar-refractivity contribution is 7.13. The number of aryl methyl sites for hydroxylation is 1. The zero-order valence-corrected chi connectivity index (χ0v) is 46.7. The van der Waals surface area contributed by atoms with E-state index >= 15 is 0 Å². The molecule has 3 saturated heterocycles. The van der Waals surface area contributed by atoms with E-state index in [0.717, 1.165) is 88.5 Å². The lowest BCUT2D eigenvalue weighted by Gasteiger charge is -2.39. The molecule has 0 radical (unpaired) electrons. The molecule has 18 nitrogen and oxygen atoms in total. The normalized spacial score (nSPS) is 18.4. The number of halogens is 1. The summed E-state index contributed by atoms with van der Waals surface area (Å²) in [6.07, 6.45) is 9.01. The minimum absolute atomic E-state index is 0.00192. The molecule has 3 fully saturated rings. The van der Waals surface area contributed by atoms with Crippen LogP contribution in [0.2, 0.25) is 5.02 Å². The fourth-order valence-electron chi connectivity index (χ4n) is 9.98. The first kappa shape index (κ1) is 57.8. The number of rotatable bonds is 27. The van der Waals surface area contributed by atoms with Gasteiger partial charge in [-0.25, -0.2) is 4.98 Å². The highest BCUT2D eigenvalue weighted by atomic mass is 35.5. The zero-order valence-electron chi connectivity index (χ0n) is 45.1. The van der Waals surface area contributed by atoms with Gasteiger partial charge in [0.05, 0.1) is 117 Å². The van der Waals surface area contributed by atoms with E-state index in [2.05, 4.69) is 63.7 Å². The molecule has 3 aliphatic rings. The van der Waals surface area contributed by atoms with Gasteiger partial charge in [-0.1, -0.05) is 80.9 Å². The number of carbonyl (C=O) groups is 3. The van der Waals surface area contributed by atoms with Gasteiger partial charge in [0.25, 0.3) is 0 Å². The number of piperidine rings is 1. The van der Waals surface area contributed by atoms with E-state index in [1.165, 1.54) is 0 Å². The second-order valence-corrected chi connectivity index (χ2v) is 22.5. The summed E-state index contributed by atoms with van der Waals surface area (Å²) in [5.41, 5.74) is 9.18. The Kier molecular flexibility index (Phi) is 20.6. The van der Waals surface area contributed by atoms with E-state index in [1.807, 2.05) is 77.7 Å². The maximum absolute atomic E-state index is 14.1.